The molecule has 0 saturated carbocycles. The predicted octanol–water partition coefficient (Wildman–Crippen LogP) is 1.12. The summed E-state index contributed by atoms with van der Waals surface area (Å²) in [5.41, 5.74) is 0.399. The quantitative estimate of drug-likeness (QED) is 0.520. The lowest BCUT2D eigenvalue weighted by atomic mass is 10.1. The van der Waals surface area contributed by atoms with E-state index in [1.54, 1.807) is 34.5 Å². The monoisotopic (exact) mass is 380 g/mol. The van der Waals surface area contributed by atoms with Crippen LogP contribution in [0.4, 0.5) is 0 Å². The highest BCUT2D eigenvalue weighted by atomic mass is 16.3. The number of rotatable bonds is 5. The highest BCUT2D eigenvalue weighted by Gasteiger charge is 2.15. The van der Waals surface area contributed by atoms with Crippen molar-refractivity contribution in [2.45, 2.75) is 32.5 Å². The Morgan fingerprint density at radius 3 is 2.04 bits per heavy atom. The van der Waals surface area contributed by atoms with Crippen molar-refractivity contribution >= 4 is 21.8 Å². The van der Waals surface area contributed by atoms with Crippen molar-refractivity contribution in [3.05, 3.63) is 64.0 Å². The lowest BCUT2D eigenvalue weighted by Crippen LogP contribution is -2.27. The highest BCUT2D eigenvalue weighted by molar-refractivity contribution is 5.93. The van der Waals surface area contributed by atoms with Crippen LogP contribution in [0.2, 0.25) is 0 Å². The Morgan fingerprint density at radius 1 is 0.964 bits per heavy atom. The average Bonchev–Trinajstić information content (AvgIpc) is 3.20. The Bertz CT molecular complexity index is 1260. The molecule has 144 valence electrons. The second-order valence-corrected chi connectivity index (χ2v) is 6.91. The first kappa shape index (κ1) is 18.1. The Morgan fingerprint density at radius 2 is 1.54 bits per heavy atom. The van der Waals surface area contributed by atoms with Crippen molar-refractivity contribution in [2.75, 3.05) is 6.61 Å². The summed E-state index contributed by atoms with van der Waals surface area (Å²) in [6.07, 6.45) is 6.42. The van der Waals surface area contributed by atoms with Crippen LogP contribution in [0.15, 0.2) is 52.8 Å². The van der Waals surface area contributed by atoms with Gasteiger partial charge in [0.2, 0.25) is 0 Å². The summed E-state index contributed by atoms with van der Waals surface area (Å²) in [6.45, 7) is 4.02. The van der Waals surface area contributed by atoms with Crippen molar-refractivity contribution in [3.63, 3.8) is 0 Å². The SMILES string of the molecule is C[C@H](CO)n1cnc2cc3c(=O)n([C@H](C)Cn4cccn4)cnc3cc2c1=O. The molecule has 0 fully saturated rings. The van der Waals surface area contributed by atoms with E-state index in [-0.39, 0.29) is 29.8 Å². The number of aliphatic hydroxyl groups is 1. The summed E-state index contributed by atoms with van der Waals surface area (Å²) in [6, 6.07) is 4.49. The molecule has 1 N–H and O–H groups in total. The van der Waals surface area contributed by atoms with E-state index in [2.05, 4.69) is 15.1 Å². The second kappa shape index (κ2) is 7.01. The molecule has 2 atom stereocenters. The topological polar surface area (TPSA) is 108 Å². The summed E-state index contributed by atoms with van der Waals surface area (Å²) in [5, 5.41) is 14.3. The van der Waals surface area contributed by atoms with Crippen LogP contribution < -0.4 is 11.1 Å². The molecule has 0 bridgehead atoms. The van der Waals surface area contributed by atoms with Crippen LogP contribution in [0.3, 0.4) is 0 Å². The largest absolute Gasteiger partial charge is 0.394 e. The van der Waals surface area contributed by atoms with Crippen molar-refractivity contribution in [1.82, 2.24) is 28.9 Å². The summed E-state index contributed by atoms with van der Waals surface area (Å²) in [7, 11) is 0. The number of hydrogen-bond acceptors (Lipinski definition) is 6. The van der Waals surface area contributed by atoms with Gasteiger partial charge in [0.05, 0.1) is 59.7 Å². The maximum Gasteiger partial charge on any atom is 0.261 e. The van der Waals surface area contributed by atoms with Gasteiger partial charge in [-0.2, -0.15) is 5.10 Å². The van der Waals surface area contributed by atoms with Crippen molar-refractivity contribution in [1.29, 1.82) is 0 Å². The van der Waals surface area contributed by atoms with Gasteiger partial charge in [-0.15, -0.1) is 0 Å². The minimum atomic E-state index is -0.385. The maximum atomic E-state index is 13.0. The Kier molecular flexibility index (Phi) is 4.52. The van der Waals surface area contributed by atoms with Crippen LogP contribution >= 0.6 is 0 Å². The normalized spacial score (nSPS) is 13.8. The fourth-order valence-corrected chi connectivity index (χ4v) is 3.25. The molecule has 0 aliphatic heterocycles. The smallest absolute Gasteiger partial charge is 0.261 e. The molecule has 0 spiro atoms. The molecule has 4 aromatic rings. The van der Waals surface area contributed by atoms with Crippen LogP contribution in [0.1, 0.15) is 25.9 Å². The first-order chi connectivity index (χ1) is 13.5. The van der Waals surface area contributed by atoms with Gasteiger partial charge in [0.25, 0.3) is 11.1 Å². The number of aromatic nitrogens is 6. The molecule has 4 rings (SSSR count). The molecule has 3 aromatic heterocycles. The second-order valence-electron chi connectivity index (χ2n) is 6.91. The number of fused-ring (bicyclic) bond motifs is 2. The van der Waals surface area contributed by atoms with Crippen molar-refractivity contribution < 1.29 is 5.11 Å². The number of aliphatic hydroxyl groups excluding tert-OH is 1. The van der Waals surface area contributed by atoms with Crippen LogP contribution in [0.25, 0.3) is 21.8 Å². The third kappa shape index (κ3) is 2.99. The van der Waals surface area contributed by atoms with Gasteiger partial charge in [-0.25, -0.2) is 9.97 Å². The molecule has 3 heterocycles. The lowest BCUT2D eigenvalue weighted by molar-refractivity contribution is 0.236. The zero-order valence-corrected chi connectivity index (χ0v) is 15.6. The van der Waals surface area contributed by atoms with E-state index in [1.165, 1.54) is 17.2 Å². The summed E-state index contributed by atoms with van der Waals surface area (Å²) in [4.78, 5) is 34.4. The zero-order chi connectivity index (χ0) is 19.8. The summed E-state index contributed by atoms with van der Waals surface area (Å²) >= 11 is 0. The molecule has 0 radical (unpaired) electrons. The Labute approximate surface area is 159 Å². The van der Waals surface area contributed by atoms with Gasteiger partial charge in [-0.3, -0.25) is 23.4 Å². The van der Waals surface area contributed by atoms with Gasteiger partial charge in [0.1, 0.15) is 0 Å². The van der Waals surface area contributed by atoms with Gasteiger partial charge in [-0.05, 0) is 32.0 Å². The molecule has 0 unspecified atom stereocenters. The van der Waals surface area contributed by atoms with Gasteiger partial charge >= 0.3 is 0 Å². The fourth-order valence-electron chi connectivity index (χ4n) is 3.25. The standard InChI is InChI=1S/C19H20N6O3/c1-12(8-23-5-3-4-22-23)24-10-20-16-7-15-17(6-14(16)18(24)27)21-11-25(19(15)28)13(2)9-26/h3-7,10-13,26H,8-9H2,1-2H3/t12-,13-/m1/s1. The van der Waals surface area contributed by atoms with Gasteiger partial charge in [-0.1, -0.05) is 0 Å². The number of nitrogens with zero attached hydrogens (tertiary/aromatic N) is 6. The van der Waals surface area contributed by atoms with Crippen LogP contribution in [-0.2, 0) is 6.54 Å². The number of benzene rings is 1. The first-order valence-electron chi connectivity index (χ1n) is 8.99. The van der Waals surface area contributed by atoms with E-state index in [4.69, 9.17) is 0 Å². The molecule has 0 aliphatic carbocycles. The van der Waals surface area contributed by atoms with Gasteiger partial charge in [0.15, 0.2) is 0 Å². The van der Waals surface area contributed by atoms with E-state index in [0.717, 1.165) is 0 Å². The molecule has 9 heteroatoms. The molecular formula is C19H20N6O3. The molecule has 0 aliphatic rings. The first-order valence-corrected chi connectivity index (χ1v) is 8.99. The molecule has 0 amide bonds. The molecule has 28 heavy (non-hydrogen) atoms. The number of hydrogen-bond donors (Lipinski definition) is 1. The minimum absolute atomic E-state index is 0.147. The van der Waals surface area contributed by atoms with Gasteiger partial charge < -0.3 is 5.11 Å². The molecule has 9 nitrogen and oxygen atoms in total. The van der Waals surface area contributed by atoms with E-state index in [1.807, 2.05) is 19.2 Å². The van der Waals surface area contributed by atoms with E-state index in [0.29, 0.717) is 28.4 Å². The van der Waals surface area contributed by atoms with E-state index < -0.39 is 0 Å². The zero-order valence-electron chi connectivity index (χ0n) is 15.6. The average molecular weight is 380 g/mol. The Balaban J connectivity index is 1.83. The maximum absolute atomic E-state index is 13.0. The third-order valence-electron chi connectivity index (χ3n) is 4.91. The molecule has 1 aromatic carbocycles. The Hall–Kier alpha value is -3.33. The van der Waals surface area contributed by atoms with E-state index in [9.17, 15) is 14.7 Å². The molecular weight excluding hydrogens is 360 g/mol. The predicted molar refractivity (Wildman–Crippen MR) is 104 cm³/mol. The van der Waals surface area contributed by atoms with E-state index >= 15 is 0 Å². The van der Waals surface area contributed by atoms with Crippen molar-refractivity contribution in [3.8, 4) is 0 Å². The van der Waals surface area contributed by atoms with Crippen LogP contribution in [0.5, 0.6) is 0 Å². The fraction of sp³-hybridized carbons (Fsp3) is 0.316. The van der Waals surface area contributed by atoms with Crippen molar-refractivity contribution in [2.24, 2.45) is 0 Å². The summed E-state index contributed by atoms with van der Waals surface area (Å²) < 4.78 is 4.69. The highest BCUT2D eigenvalue weighted by Crippen LogP contribution is 2.16. The van der Waals surface area contributed by atoms with Crippen LogP contribution in [-0.4, -0.2) is 40.6 Å². The third-order valence-corrected chi connectivity index (χ3v) is 4.91. The minimum Gasteiger partial charge on any atom is -0.394 e. The molecule has 0 saturated heterocycles. The summed E-state index contributed by atoms with van der Waals surface area (Å²) in [5.74, 6) is 0. The van der Waals surface area contributed by atoms with Gasteiger partial charge in [0, 0.05) is 12.4 Å². The van der Waals surface area contributed by atoms with Crippen LogP contribution in [0, 0.1) is 0 Å². The lowest BCUT2D eigenvalue weighted by Gasteiger charge is -2.16.